The summed E-state index contributed by atoms with van der Waals surface area (Å²) in [4.78, 5) is 12.3. The SMILES string of the molecule is O=C(COc1ccc(CO)cc1)NCC1(c2ccccc2)CCCCC1. The van der Waals surface area contributed by atoms with Crippen molar-refractivity contribution in [2.45, 2.75) is 44.1 Å². The van der Waals surface area contributed by atoms with Gasteiger partial charge in [-0.2, -0.15) is 0 Å². The van der Waals surface area contributed by atoms with E-state index in [0.29, 0.717) is 12.3 Å². The molecule has 0 unspecified atom stereocenters. The molecule has 0 bridgehead atoms. The number of carbonyl (C=O) groups excluding carboxylic acids is 1. The minimum atomic E-state index is -0.0999. The van der Waals surface area contributed by atoms with E-state index in [-0.39, 0.29) is 24.5 Å². The number of hydrogen-bond acceptors (Lipinski definition) is 3. The number of aliphatic hydroxyl groups excluding tert-OH is 1. The van der Waals surface area contributed by atoms with E-state index in [1.165, 1.54) is 24.8 Å². The van der Waals surface area contributed by atoms with Crippen LogP contribution < -0.4 is 10.1 Å². The Morgan fingerprint density at radius 3 is 2.35 bits per heavy atom. The Morgan fingerprint density at radius 1 is 1.00 bits per heavy atom. The molecular formula is C22H27NO3. The van der Waals surface area contributed by atoms with Crippen molar-refractivity contribution in [3.8, 4) is 5.75 Å². The predicted octanol–water partition coefficient (Wildman–Crippen LogP) is 3.58. The summed E-state index contributed by atoms with van der Waals surface area (Å²) >= 11 is 0. The lowest BCUT2D eigenvalue weighted by atomic mass is 9.69. The van der Waals surface area contributed by atoms with Gasteiger partial charge in [0.1, 0.15) is 5.75 Å². The van der Waals surface area contributed by atoms with E-state index < -0.39 is 0 Å². The van der Waals surface area contributed by atoms with Crippen LogP contribution in [0, 0.1) is 0 Å². The van der Waals surface area contributed by atoms with E-state index in [1.807, 2.05) is 6.07 Å². The molecule has 1 aliphatic carbocycles. The summed E-state index contributed by atoms with van der Waals surface area (Å²) in [6.45, 7) is 0.661. The van der Waals surface area contributed by atoms with E-state index >= 15 is 0 Å². The number of ether oxygens (including phenoxy) is 1. The number of hydrogen-bond donors (Lipinski definition) is 2. The van der Waals surface area contributed by atoms with Crippen LogP contribution in [0.2, 0.25) is 0 Å². The van der Waals surface area contributed by atoms with Gasteiger partial charge in [-0.3, -0.25) is 4.79 Å². The summed E-state index contributed by atoms with van der Waals surface area (Å²) in [6, 6.07) is 17.7. The fraction of sp³-hybridized carbons (Fsp3) is 0.409. The maximum atomic E-state index is 12.3. The maximum Gasteiger partial charge on any atom is 0.257 e. The van der Waals surface area contributed by atoms with Crippen molar-refractivity contribution in [2.24, 2.45) is 0 Å². The largest absolute Gasteiger partial charge is 0.484 e. The summed E-state index contributed by atoms with van der Waals surface area (Å²) in [7, 11) is 0. The molecule has 0 spiro atoms. The average molecular weight is 353 g/mol. The van der Waals surface area contributed by atoms with Crippen LogP contribution in [0.15, 0.2) is 54.6 Å². The molecule has 1 amide bonds. The van der Waals surface area contributed by atoms with Gasteiger partial charge >= 0.3 is 0 Å². The third-order valence-electron chi connectivity index (χ3n) is 5.30. The fourth-order valence-electron chi connectivity index (χ4n) is 3.75. The Kier molecular flexibility index (Phi) is 6.29. The third kappa shape index (κ3) is 4.64. The van der Waals surface area contributed by atoms with Gasteiger partial charge in [0.2, 0.25) is 0 Å². The second-order valence-corrected chi connectivity index (χ2v) is 7.07. The standard InChI is InChI=1S/C22H27NO3/c24-15-18-9-11-20(12-10-18)26-16-21(25)23-17-22(13-5-2-6-14-22)19-7-3-1-4-8-19/h1,3-4,7-12,24H,2,5-6,13-17H2,(H,23,25). The van der Waals surface area contributed by atoms with Crippen molar-refractivity contribution >= 4 is 5.91 Å². The van der Waals surface area contributed by atoms with Crippen LogP contribution in [0.25, 0.3) is 0 Å². The molecule has 0 heterocycles. The molecule has 1 saturated carbocycles. The fourth-order valence-corrected chi connectivity index (χ4v) is 3.75. The van der Waals surface area contributed by atoms with E-state index in [1.54, 1.807) is 24.3 Å². The number of carbonyl (C=O) groups is 1. The molecule has 4 heteroatoms. The molecule has 4 nitrogen and oxygen atoms in total. The van der Waals surface area contributed by atoms with Crippen molar-refractivity contribution in [2.75, 3.05) is 13.2 Å². The van der Waals surface area contributed by atoms with Gasteiger partial charge in [-0.05, 0) is 36.1 Å². The normalized spacial score (nSPS) is 16.0. The smallest absolute Gasteiger partial charge is 0.257 e. The van der Waals surface area contributed by atoms with Crippen LogP contribution >= 0.6 is 0 Å². The van der Waals surface area contributed by atoms with Crippen LogP contribution in [-0.4, -0.2) is 24.2 Å². The summed E-state index contributed by atoms with van der Waals surface area (Å²) in [5, 5.41) is 12.1. The highest BCUT2D eigenvalue weighted by molar-refractivity contribution is 5.77. The monoisotopic (exact) mass is 353 g/mol. The molecule has 0 radical (unpaired) electrons. The van der Waals surface area contributed by atoms with Crippen molar-refractivity contribution in [1.29, 1.82) is 0 Å². The second-order valence-electron chi connectivity index (χ2n) is 7.07. The first-order valence-electron chi connectivity index (χ1n) is 9.37. The Labute approximate surface area is 155 Å². The first kappa shape index (κ1) is 18.5. The highest BCUT2D eigenvalue weighted by Crippen LogP contribution is 2.38. The molecular weight excluding hydrogens is 326 g/mol. The Bertz CT molecular complexity index is 691. The van der Waals surface area contributed by atoms with Gasteiger partial charge in [0.05, 0.1) is 6.61 Å². The van der Waals surface area contributed by atoms with Gasteiger partial charge in [0.25, 0.3) is 5.91 Å². The lowest BCUT2D eigenvalue weighted by Crippen LogP contribution is -2.43. The van der Waals surface area contributed by atoms with Gasteiger partial charge in [-0.1, -0.05) is 61.7 Å². The van der Waals surface area contributed by atoms with Crippen LogP contribution in [0.5, 0.6) is 5.75 Å². The molecule has 26 heavy (non-hydrogen) atoms. The highest BCUT2D eigenvalue weighted by atomic mass is 16.5. The van der Waals surface area contributed by atoms with Crippen molar-refractivity contribution in [3.05, 3.63) is 65.7 Å². The predicted molar refractivity (Wildman–Crippen MR) is 102 cm³/mol. The van der Waals surface area contributed by atoms with Gasteiger partial charge in [0.15, 0.2) is 6.61 Å². The third-order valence-corrected chi connectivity index (χ3v) is 5.30. The zero-order chi connectivity index (χ0) is 18.2. The lowest BCUT2D eigenvalue weighted by Gasteiger charge is -2.38. The zero-order valence-corrected chi connectivity index (χ0v) is 15.1. The molecule has 0 saturated heterocycles. The minimum absolute atomic E-state index is 0.00232. The number of rotatable bonds is 7. The Balaban J connectivity index is 1.55. The minimum Gasteiger partial charge on any atom is -0.484 e. The zero-order valence-electron chi connectivity index (χ0n) is 15.1. The van der Waals surface area contributed by atoms with Crippen LogP contribution in [0.1, 0.15) is 43.2 Å². The lowest BCUT2D eigenvalue weighted by molar-refractivity contribution is -0.123. The van der Waals surface area contributed by atoms with Crippen LogP contribution in [-0.2, 0) is 16.8 Å². The first-order valence-corrected chi connectivity index (χ1v) is 9.37. The topological polar surface area (TPSA) is 58.6 Å². The Hall–Kier alpha value is -2.33. The molecule has 0 aliphatic heterocycles. The molecule has 2 aromatic carbocycles. The second kappa shape index (κ2) is 8.86. The summed E-state index contributed by atoms with van der Waals surface area (Å²) in [6.07, 6.45) is 5.91. The maximum absolute atomic E-state index is 12.3. The van der Waals surface area contributed by atoms with Crippen LogP contribution in [0.3, 0.4) is 0 Å². The molecule has 0 aromatic heterocycles. The van der Waals surface area contributed by atoms with Gasteiger partial charge in [0, 0.05) is 12.0 Å². The van der Waals surface area contributed by atoms with E-state index in [4.69, 9.17) is 9.84 Å². The molecule has 0 atom stereocenters. The van der Waals surface area contributed by atoms with E-state index in [0.717, 1.165) is 18.4 Å². The molecule has 3 rings (SSSR count). The molecule has 2 N–H and O–H groups in total. The van der Waals surface area contributed by atoms with Crippen molar-refractivity contribution in [3.63, 3.8) is 0 Å². The van der Waals surface area contributed by atoms with Crippen LogP contribution in [0.4, 0.5) is 0 Å². The number of aliphatic hydroxyl groups is 1. The highest BCUT2D eigenvalue weighted by Gasteiger charge is 2.34. The molecule has 1 fully saturated rings. The number of nitrogens with one attached hydrogen (secondary N) is 1. The summed E-state index contributed by atoms with van der Waals surface area (Å²) < 4.78 is 5.55. The van der Waals surface area contributed by atoms with Gasteiger partial charge in [-0.15, -0.1) is 0 Å². The van der Waals surface area contributed by atoms with Gasteiger partial charge in [-0.25, -0.2) is 0 Å². The van der Waals surface area contributed by atoms with Crippen molar-refractivity contribution < 1.29 is 14.6 Å². The average Bonchev–Trinajstić information content (AvgIpc) is 2.72. The summed E-state index contributed by atoms with van der Waals surface area (Å²) in [5.74, 6) is 0.532. The molecule has 1 aliphatic rings. The van der Waals surface area contributed by atoms with E-state index in [2.05, 4.69) is 29.6 Å². The van der Waals surface area contributed by atoms with E-state index in [9.17, 15) is 4.79 Å². The summed E-state index contributed by atoms with van der Waals surface area (Å²) in [5.41, 5.74) is 2.18. The molecule has 138 valence electrons. The molecule has 2 aromatic rings. The number of benzene rings is 2. The number of amides is 1. The quantitative estimate of drug-likeness (QED) is 0.800. The first-order chi connectivity index (χ1) is 12.7. The Morgan fingerprint density at radius 2 is 1.69 bits per heavy atom. The van der Waals surface area contributed by atoms with Gasteiger partial charge < -0.3 is 15.2 Å². The van der Waals surface area contributed by atoms with Crippen molar-refractivity contribution in [1.82, 2.24) is 5.32 Å².